The first kappa shape index (κ1) is 50.1. The zero-order chi connectivity index (χ0) is 58.9. The number of rotatable bonds is 3. The lowest BCUT2D eigenvalue weighted by molar-refractivity contribution is 0.0865. The van der Waals surface area contributed by atoms with Crippen molar-refractivity contribution in [3.63, 3.8) is 0 Å². The van der Waals surface area contributed by atoms with Gasteiger partial charge in [-0.15, -0.1) is 0 Å². The molecule has 31 nitrogen and oxygen atoms in total. The van der Waals surface area contributed by atoms with Gasteiger partial charge >= 0.3 is 0 Å². The molecule has 80 heavy (non-hydrogen) atoms. The van der Waals surface area contributed by atoms with Crippen LogP contribution in [0.1, 0.15) is 11.1 Å². The van der Waals surface area contributed by atoms with E-state index in [1.165, 1.54) is 0 Å². The van der Waals surface area contributed by atoms with E-state index < -0.39 is 277 Å². The van der Waals surface area contributed by atoms with Crippen molar-refractivity contribution in [3.8, 4) is 205 Å². The summed E-state index contributed by atoms with van der Waals surface area (Å²) >= 11 is 0. The van der Waals surface area contributed by atoms with Crippen LogP contribution in [0.2, 0.25) is 0 Å². The van der Waals surface area contributed by atoms with Crippen LogP contribution in [0.5, 0.6) is 161 Å². The summed E-state index contributed by atoms with van der Waals surface area (Å²) in [5.74, 6) is -47.5. The third-order valence-electron chi connectivity index (χ3n) is 14.1. The maximum atomic E-state index is 12.4. The molecule has 412 valence electrons. The van der Waals surface area contributed by atoms with Crippen LogP contribution >= 0.6 is 0 Å². The number of phenolic OH excluding ortho intramolecular Hbond substituents is 28. The molecular formula is C49H31NO30. The Morgan fingerprint density at radius 1 is 0.188 bits per heavy atom. The highest BCUT2D eigenvalue weighted by Crippen LogP contribution is 2.72. The van der Waals surface area contributed by atoms with Crippen LogP contribution < -0.4 is 5.73 Å². The fourth-order valence-corrected chi connectivity index (χ4v) is 10.6. The number of fused-ring (bicyclic) bond motifs is 10. The second-order valence-electron chi connectivity index (χ2n) is 18.0. The highest BCUT2D eigenvalue weighted by molar-refractivity contribution is 6.33. The van der Waals surface area contributed by atoms with E-state index in [4.69, 9.17) is 10.2 Å². The highest BCUT2D eigenvalue weighted by atomic mass is 16.4. The van der Waals surface area contributed by atoms with E-state index >= 15 is 0 Å². The SMILES string of the molecule is NC1(O)c2c(O)c(O)c(O)c(O)c2-c2c(O)c(-c3c(O)c(O)c(O)c(-c4c5c(O)c(O)c(O)c(O)c5c(-c5c(O)c(O)c6oc7c8c(O)c(O)c(O)c(O)c8c(O)c(O)c7c6c5O)c5c(O)c(O)c(O)c(O)c45)c3O)c(O)c(O)c21. The summed E-state index contributed by atoms with van der Waals surface area (Å²) in [6.45, 7) is 0. The van der Waals surface area contributed by atoms with Crippen LogP contribution in [0.3, 0.4) is 0 Å². The van der Waals surface area contributed by atoms with Crippen molar-refractivity contribution in [2.45, 2.75) is 5.72 Å². The number of aliphatic hydroxyl groups is 1. The molecule has 9 aromatic carbocycles. The largest absolute Gasteiger partial charge is 0.506 e. The van der Waals surface area contributed by atoms with Crippen molar-refractivity contribution in [1.29, 1.82) is 0 Å². The standard InChI is InChI=1S/C49H31NO30/c50-49(79)17-7(8-18(49)36(68)45(77)42(74)26(8)58)19(51)11(28(60)35(17)67)12-20(52)9(29(61)37(69)30(12)62)1-3-5(24(56)40(72)38(70)22(3)54)2(6-4(1)23(55)39(71)41(73)25(6)57)10-21(53)15-16-33(65)27(59)13-14(34(66)44(76)43(75)31(13)63)47(16)80-48(15)46(78)32(10)64/h51-79H,50H2. The van der Waals surface area contributed by atoms with Gasteiger partial charge in [0.15, 0.2) is 103 Å². The third-order valence-corrected chi connectivity index (χ3v) is 14.1. The topological polar surface area (TPSA) is 626 Å². The average Bonchev–Trinajstić information content (AvgIpc) is 4.11. The minimum absolute atomic E-state index is 0.999. The Kier molecular flexibility index (Phi) is 9.42. The maximum absolute atomic E-state index is 12.4. The normalized spacial score (nSPS) is 14.1. The minimum atomic E-state index is -3.38. The fraction of sp³-hybridized carbons (Fsp3) is 0.0204. The van der Waals surface area contributed by atoms with Crippen molar-refractivity contribution >= 4 is 54.3 Å². The van der Waals surface area contributed by atoms with Crippen molar-refractivity contribution in [1.82, 2.24) is 0 Å². The Hall–Kier alpha value is -12.1. The number of furan rings is 1. The van der Waals surface area contributed by atoms with E-state index in [2.05, 4.69) is 0 Å². The monoisotopic (exact) mass is 1110 g/mol. The van der Waals surface area contributed by atoms with Crippen LogP contribution in [-0.4, -0.2) is 148 Å². The molecule has 31 N–H and O–H groups in total. The van der Waals surface area contributed by atoms with Gasteiger partial charge in [0.2, 0.25) is 57.5 Å². The molecule has 1 heterocycles. The number of nitrogens with two attached hydrogens (primary N) is 1. The second-order valence-corrected chi connectivity index (χ2v) is 18.0. The summed E-state index contributed by atoms with van der Waals surface area (Å²) in [5, 5.41) is 319. The Bertz CT molecular complexity index is 4630. The Labute approximate surface area is 434 Å². The first-order valence-corrected chi connectivity index (χ1v) is 21.7. The summed E-state index contributed by atoms with van der Waals surface area (Å²) in [6.07, 6.45) is 0. The first-order valence-electron chi connectivity index (χ1n) is 21.7. The zero-order valence-corrected chi connectivity index (χ0v) is 38.5. The van der Waals surface area contributed by atoms with E-state index in [1.54, 1.807) is 0 Å². The molecule has 1 aromatic heterocycles. The molecule has 0 saturated carbocycles. The quantitative estimate of drug-likeness (QED) is 0.0515. The molecule has 11 rings (SSSR count). The lowest BCUT2D eigenvalue weighted by atomic mass is 9.81. The Balaban J connectivity index is 1.36. The van der Waals surface area contributed by atoms with Crippen LogP contribution in [-0.2, 0) is 5.72 Å². The van der Waals surface area contributed by atoms with Gasteiger partial charge in [-0.1, -0.05) is 0 Å². The molecule has 0 aliphatic heterocycles. The lowest BCUT2D eigenvalue weighted by Gasteiger charge is -2.25. The van der Waals surface area contributed by atoms with Gasteiger partial charge in [0.1, 0.15) is 17.2 Å². The van der Waals surface area contributed by atoms with Gasteiger partial charge in [0.05, 0.1) is 54.9 Å². The number of phenols is 28. The molecule has 0 saturated heterocycles. The molecule has 1 aliphatic rings. The number of aromatic hydroxyl groups is 28. The van der Waals surface area contributed by atoms with Crippen molar-refractivity contribution in [2.75, 3.05) is 0 Å². The minimum Gasteiger partial charge on any atom is -0.506 e. The number of hydrogen-bond acceptors (Lipinski definition) is 31. The van der Waals surface area contributed by atoms with Gasteiger partial charge in [-0.25, -0.2) is 0 Å². The number of hydrogen-bond donors (Lipinski definition) is 30. The van der Waals surface area contributed by atoms with E-state index in [1.807, 2.05) is 0 Å². The average molecular weight is 1110 g/mol. The Morgan fingerprint density at radius 2 is 0.412 bits per heavy atom. The Morgan fingerprint density at radius 3 is 0.850 bits per heavy atom. The second kappa shape index (κ2) is 15.0. The van der Waals surface area contributed by atoms with Crippen molar-refractivity contribution < 1.29 is 153 Å². The van der Waals surface area contributed by atoms with Crippen molar-refractivity contribution in [3.05, 3.63) is 11.1 Å². The van der Waals surface area contributed by atoms with Crippen molar-refractivity contribution in [2.24, 2.45) is 5.73 Å². The van der Waals surface area contributed by atoms with E-state index in [-0.39, 0.29) is 0 Å². The predicted molar refractivity (Wildman–Crippen MR) is 262 cm³/mol. The van der Waals surface area contributed by atoms with Crippen LogP contribution in [0, 0.1) is 0 Å². The molecule has 1 aliphatic carbocycles. The van der Waals surface area contributed by atoms with Gasteiger partial charge < -0.3 is 153 Å². The predicted octanol–water partition coefficient (Wildman–Crippen LogP) is 3.94. The summed E-state index contributed by atoms with van der Waals surface area (Å²) in [7, 11) is 0. The molecular weight excluding hydrogens is 1080 g/mol. The molecule has 0 bridgehead atoms. The molecule has 0 radical (unpaired) electrons. The van der Waals surface area contributed by atoms with E-state index in [9.17, 15) is 148 Å². The summed E-state index contributed by atoms with van der Waals surface area (Å²) in [6, 6.07) is 0. The van der Waals surface area contributed by atoms with Gasteiger partial charge in [0.25, 0.3) is 0 Å². The highest BCUT2D eigenvalue weighted by Gasteiger charge is 2.51. The smallest absolute Gasteiger partial charge is 0.205 e. The first-order chi connectivity index (χ1) is 37.2. The summed E-state index contributed by atoms with van der Waals surface area (Å²) in [4.78, 5) is 0. The van der Waals surface area contributed by atoms with Crippen LogP contribution in [0.4, 0.5) is 0 Å². The fourth-order valence-electron chi connectivity index (χ4n) is 10.6. The van der Waals surface area contributed by atoms with E-state index in [0.717, 1.165) is 0 Å². The zero-order valence-electron chi connectivity index (χ0n) is 38.5. The van der Waals surface area contributed by atoms with Gasteiger partial charge in [-0.05, 0) is 0 Å². The van der Waals surface area contributed by atoms with Crippen LogP contribution in [0.15, 0.2) is 4.42 Å². The van der Waals surface area contributed by atoms with Gasteiger partial charge in [-0.2, -0.15) is 0 Å². The number of benzene rings is 9. The van der Waals surface area contributed by atoms with Crippen LogP contribution in [0.25, 0.3) is 98.8 Å². The third kappa shape index (κ3) is 5.34. The molecule has 1 unspecified atom stereocenters. The molecule has 31 heteroatoms. The molecule has 1 atom stereocenters. The lowest BCUT2D eigenvalue weighted by Crippen LogP contribution is -2.35. The maximum Gasteiger partial charge on any atom is 0.205 e. The summed E-state index contributed by atoms with van der Waals surface area (Å²) in [5.41, 5.74) is -13.9. The van der Waals surface area contributed by atoms with Gasteiger partial charge in [-0.3, -0.25) is 5.73 Å². The molecule has 0 fully saturated rings. The van der Waals surface area contributed by atoms with E-state index in [0.29, 0.717) is 0 Å². The molecule has 0 spiro atoms. The summed E-state index contributed by atoms with van der Waals surface area (Å²) < 4.78 is 5.57. The molecule has 0 amide bonds. The molecule has 10 aromatic rings. The van der Waals surface area contributed by atoms with Gasteiger partial charge in [0, 0.05) is 43.8 Å².